The normalized spacial score (nSPS) is 16.1. The molecule has 104 valence electrons. The Morgan fingerprint density at radius 2 is 1.80 bits per heavy atom. The SMILES string of the molecule is N#CC1(C(=O)Nc2cccc(NC(N)=O)c2)CCCC1. The molecule has 6 heteroatoms. The molecule has 1 aliphatic rings. The Morgan fingerprint density at radius 1 is 1.20 bits per heavy atom. The zero-order valence-corrected chi connectivity index (χ0v) is 11.0. The number of hydrogen-bond donors (Lipinski definition) is 3. The number of rotatable bonds is 3. The highest BCUT2D eigenvalue weighted by Crippen LogP contribution is 2.38. The minimum atomic E-state index is -0.923. The lowest BCUT2D eigenvalue weighted by Crippen LogP contribution is -2.32. The van der Waals surface area contributed by atoms with Crippen LogP contribution in [0.3, 0.4) is 0 Å². The van der Waals surface area contributed by atoms with Gasteiger partial charge in [-0.1, -0.05) is 18.9 Å². The van der Waals surface area contributed by atoms with E-state index in [1.807, 2.05) is 0 Å². The molecule has 0 aromatic heterocycles. The van der Waals surface area contributed by atoms with E-state index in [1.54, 1.807) is 24.3 Å². The molecular weight excluding hydrogens is 256 g/mol. The van der Waals surface area contributed by atoms with Crippen LogP contribution in [0.1, 0.15) is 25.7 Å². The molecule has 0 radical (unpaired) electrons. The first-order chi connectivity index (χ1) is 9.55. The van der Waals surface area contributed by atoms with Gasteiger partial charge in [-0.25, -0.2) is 4.79 Å². The number of benzene rings is 1. The molecule has 1 fully saturated rings. The number of carbonyl (C=O) groups excluding carboxylic acids is 2. The monoisotopic (exact) mass is 272 g/mol. The van der Waals surface area contributed by atoms with E-state index in [9.17, 15) is 14.9 Å². The molecule has 0 unspecified atom stereocenters. The summed E-state index contributed by atoms with van der Waals surface area (Å²) in [5.74, 6) is -0.284. The van der Waals surface area contributed by atoms with Crippen LogP contribution in [-0.4, -0.2) is 11.9 Å². The summed E-state index contributed by atoms with van der Waals surface area (Å²) in [6.45, 7) is 0. The van der Waals surface area contributed by atoms with Gasteiger partial charge in [0.15, 0.2) is 0 Å². The third-order valence-corrected chi connectivity index (χ3v) is 3.49. The van der Waals surface area contributed by atoms with Crippen molar-refractivity contribution < 1.29 is 9.59 Å². The first kappa shape index (κ1) is 13.9. The molecule has 20 heavy (non-hydrogen) atoms. The summed E-state index contributed by atoms with van der Waals surface area (Å²) < 4.78 is 0. The lowest BCUT2D eigenvalue weighted by molar-refractivity contribution is -0.122. The number of carbonyl (C=O) groups is 2. The van der Waals surface area contributed by atoms with Crippen molar-refractivity contribution in [3.05, 3.63) is 24.3 Å². The van der Waals surface area contributed by atoms with E-state index in [0.29, 0.717) is 24.2 Å². The van der Waals surface area contributed by atoms with Gasteiger partial charge in [0.05, 0.1) is 6.07 Å². The Hall–Kier alpha value is -2.55. The first-order valence-corrected chi connectivity index (χ1v) is 6.45. The number of nitriles is 1. The number of amides is 3. The maximum absolute atomic E-state index is 12.3. The van der Waals surface area contributed by atoms with Crippen molar-refractivity contribution in [1.29, 1.82) is 5.26 Å². The molecular formula is C14H16N4O2. The number of nitrogens with one attached hydrogen (secondary N) is 2. The largest absolute Gasteiger partial charge is 0.351 e. The summed E-state index contributed by atoms with van der Waals surface area (Å²) in [5.41, 5.74) is 5.14. The second-order valence-corrected chi connectivity index (χ2v) is 4.93. The highest BCUT2D eigenvalue weighted by atomic mass is 16.2. The topological polar surface area (TPSA) is 108 Å². The van der Waals surface area contributed by atoms with Crippen LogP contribution in [0.25, 0.3) is 0 Å². The van der Waals surface area contributed by atoms with Crippen LogP contribution in [-0.2, 0) is 4.79 Å². The van der Waals surface area contributed by atoms with Crippen LogP contribution in [0.15, 0.2) is 24.3 Å². The van der Waals surface area contributed by atoms with Crippen molar-refractivity contribution in [2.24, 2.45) is 11.1 Å². The van der Waals surface area contributed by atoms with Gasteiger partial charge in [-0.15, -0.1) is 0 Å². The second kappa shape index (κ2) is 5.61. The fourth-order valence-electron chi connectivity index (χ4n) is 2.44. The zero-order chi connectivity index (χ0) is 14.6. The van der Waals surface area contributed by atoms with Crippen LogP contribution < -0.4 is 16.4 Å². The standard InChI is InChI=1S/C14H16N4O2/c15-9-14(6-1-2-7-14)12(19)17-10-4-3-5-11(8-10)18-13(16)20/h3-5,8H,1-2,6-7H2,(H,17,19)(H3,16,18,20). The summed E-state index contributed by atoms with van der Waals surface area (Å²) in [7, 11) is 0. The summed E-state index contributed by atoms with van der Waals surface area (Å²) in [4.78, 5) is 23.0. The van der Waals surface area contributed by atoms with Crippen molar-refractivity contribution in [3.8, 4) is 6.07 Å². The molecule has 1 aromatic carbocycles. The third-order valence-electron chi connectivity index (χ3n) is 3.49. The summed E-state index contributed by atoms with van der Waals surface area (Å²) >= 11 is 0. The number of urea groups is 1. The number of nitrogens with two attached hydrogens (primary N) is 1. The molecule has 3 amide bonds. The van der Waals surface area contributed by atoms with Gasteiger partial charge in [0.1, 0.15) is 5.41 Å². The van der Waals surface area contributed by atoms with E-state index in [4.69, 9.17) is 5.73 Å². The van der Waals surface area contributed by atoms with Crippen LogP contribution in [0, 0.1) is 16.7 Å². The lowest BCUT2D eigenvalue weighted by Gasteiger charge is -2.19. The van der Waals surface area contributed by atoms with Gasteiger partial charge in [-0.05, 0) is 31.0 Å². The fourth-order valence-corrected chi connectivity index (χ4v) is 2.44. The molecule has 0 bridgehead atoms. The van der Waals surface area contributed by atoms with Crippen LogP contribution in [0.2, 0.25) is 0 Å². The first-order valence-electron chi connectivity index (χ1n) is 6.45. The lowest BCUT2D eigenvalue weighted by atomic mass is 9.87. The predicted molar refractivity (Wildman–Crippen MR) is 74.8 cm³/mol. The second-order valence-electron chi connectivity index (χ2n) is 4.93. The van der Waals surface area contributed by atoms with Crippen molar-refractivity contribution in [3.63, 3.8) is 0 Å². The average molecular weight is 272 g/mol. The van der Waals surface area contributed by atoms with Gasteiger partial charge in [0.2, 0.25) is 5.91 Å². The highest BCUT2D eigenvalue weighted by molar-refractivity contribution is 5.98. The quantitative estimate of drug-likeness (QED) is 0.784. The smallest absolute Gasteiger partial charge is 0.316 e. The van der Waals surface area contributed by atoms with Gasteiger partial charge in [-0.3, -0.25) is 4.79 Å². The van der Waals surface area contributed by atoms with E-state index in [0.717, 1.165) is 12.8 Å². The average Bonchev–Trinajstić information content (AvgIpc) is 2.88. The van der Waals surface area contributed by atoms with E-state index in [2.05, 4.69) is 16.7 Å². The zero-order valence-electron chi connectivity index (χ0n) is 11.0. The molecule has 1 saturated carbocycles. The maximum atomic E-state index is 12.3. The molecule has 0 aliphatic heterocycles. The Kier molecular flexibility index (Phi) is 3.89. The Balaban J connectivity index is 2.12. The van der Waals surface area contributed by atoms with Gasteiger partial charge in [-0.2, -0.15) is 5.26 Å². The molecule has 4 N–H and O–H groups in total. The van der Waals surface area contributed by atoms with Crippen LogP contribution in [0.5, 0.6) is 0 Å². The predicted octanol–water partition coefficient (Wildman–Crippen LogP) is 2.20. The minimum Gasteiger partial charge on any atom is -0.351 e. The summed E-state index contributed by atoms with van der Waals surface area (Å²) in [5, 5.41) is 14.4. The Morgan fingerprint density at radius 3 is 2.35 bits per heavy atom. The highest BCUT2D eigenvalue weighted by Gasteiger charge is 2.41. The molecule has 0 spiro atoms. The van der Waals surface area contributed by atoms with Gasteiger partial charge in [0, 0.05) is 11.4 Å². The van der Waals surface area contributed by atoms with Crippen LogP contribution >= 0.6 is 0 Å². The number of nitrogens with zero attached hydrogens (tertiary/aromatic N) is 1. The van der Waals surface area contributed by atoms with Gasteiger partial charge < -0.3 is 16.4 Å². The Labute approximate surface area is 117 Å². The molecule has 0 heterocycles. The van der Waals surface area contributed by atoms with Gasteiger partial charge in [0.25, 0.3) is 0 Å². The fraction of sp³-hybridized carbons (Fsp3) is 0.357. The van der Waals surface area contributed by atoms with Crippen molar-refractivity contribution in [1.82, 2.24) is 0 Å². The van der Waals surface area contributed by atoms with Crippen LogP contribution in [0.4, 0.5) is 16.2 Å². The maximum Gasteiger partial charge on any atom is 0.316 e. The summed E-state index contributed by atoms with van der Waals surface area (Å²) in [6.07, 6.45) is 2.97. The van der Waals surface area contributed by atoms with E-state index in [-0.39, 0.29) is 5.91 Å². The van der Waals surface area contributed by atoms with E-state index in [1.165, 1.54) is 0 Å². The number of primary amides is 1. The molecule has 0 saturated heterocycles. The van der Waals surface area contributed by atoms with Crippen molar-refractivity contribution in [2.45, 2.75) is 25.7 Å². The molecule has 1 aromatic rings. The molecule has 6 nitrogen and oxygen atoms in total. The van der Waals surface area contributed by atoms with E-state index >= 15 is 0 Å². The Bertz CT molecular complexity index is 571. The molecule has 2 rings (SSSR count). The van der Waals surface area contributed by atoms with Crippen molar-refractivity contribution >= 4 is 23.3 Å². The number of anilines is 2. The summed E-state index contributed by atoms with van der Waals surface area (Å²) in [6, 6.07) is 8.12. The van der Waals surface area contributed by atoms with Gasteiger partial charge >= 0.3 is 6.03 Å². The molecule has 1 aliphatic carbocycles. The third kappa shape index (κ3) is 2.88. The van der Waals surface area contributed by atoms with E-state index < -0.39 is 11.4 Å². The van der Waals surface area contributed by atoms with Crippen molar-refractivity contribution in [2.75, 3.05) is 10.6 Å². The molecule has 0 atom stereocenters. The number of hydrogen-bond acceptors (Lipinski definition) is 3. The minimum absolute atomic E-state index is 0.284.